The van der Waals surface area contributed by atoms with Gasteiger partial charge in [0.25, 0.3) is 0 Å². The number of aromatic nitrogens is 1. The normalized spacial score (nSPS) is 10.9. The Kier molecular flexibility index (Phi) is 7.20. The van der Waals surface area contributed by atoms with Gasteiger partial charge in [0.05, 0.1) is 0 Å². The van der Waals surface area contributed by atoms with Gasteiger partial charge in [0.1, 0.15) is 24.0 Å². The summed E-state index contributed by atoms with van der Waals surface area (Å²) in [5.74, 6) is -0.284. The van der Waals surface area contributed by atoms with Crippen LogP contribution >= 0.6 is 0 Å². The molecular weight excluding hydrogens is 402 g/mol. The van der Waals surface area contributed by atoms with Crippen LogP contribution in [0.4, 0.5) is 8.78 Å². The Morgan fingerprint density at radius 3 is 2.42 bits per heavy atom. The Hall–Kier alpha value is -3.03. The van der Waals surface area contributed by atoms with E-state index in [1.807, 2.05) is 6.92 Å². The summed E-state index contributed by atoms with van der Waals surface area (Å²) >= 11 is 0. The summed E-state index contributed by atoms with van der Waals surface area (Å²) < 4.78 is 45.3. The molecule has 0 bridgehead atoms. The summed E-state index contributed by atoms with van der Waals surface area (Å²) in [6.45, 7) is 5.16. The zero-order valence-electron chi connectivity index (χ0n) is 18.1. The zero-order valence-corrected chi connectivity index (χ0v) is 18.1. The molecular formula is C24H26F2N2O3. The van der Waals surface area contributed by atoms with E-state index in [1.165, 1.54) is 7.11 Å². The van der Waals surface area contributed by atoms with Crippen molar-refractivity contribution in [2.75, 3.05) is 20.6 Å². The van der Waals surface area contributed by atoms with E-state index in [0.717, 1.165) is 11.1 Å². The minimum Gasteiger partial charge on any atom is -0.476 e. The number of rotatable bonds is 8. The first kappa shape index (κ1) is 22.7. The van der Waals surface area contributed by atoms with Gasteiger partial charge in [-0.05, 0) is 67.3 Å². The molecule has 3 aromatic rings. The number of nitrogens with zero attached hydrogens (tertiary/aromatic N) is 1. The fraction of sp³-hybridized carbons (Fsp3) is 0.292. The van der Waals surface area contributed by atoms with Crippen LogP contribution in [0.1, 0.15) is 27.9 Å². The number of methoxy groups -OCH3 is 1. The smallest absolute Gasteiger partial charge is 0.188 e. The van der Waals surface area contributed by atoms with Crippen LogP contribution in [-0.4, -0.2) is 25.6 Å². The first-order valence-electron chi connectivity index (χ1n) is 9.86. The van der Waals surface area contributed by atoms with Gasteiger partial charge in [-0.15, -0.1) is 0 Å². The van der Waals surface area contributed by atoms with Crippen molar-refractivity contribution in [1.82, 2.24) is 4.98 Å². The van der Waals surface area contributed by atoms with Crippen molar-refractivity contribution < 1.29 is 23.0 Å². The second-order valence-electron chi connectivity index (χ2n) is 7.23. The van der Waals surface area contributed by atoms with Crippen LogP contribution in [0.2, 0.25) is 0 Å². The Morgan fingerprint density at radius 2 is 1.71 bits per heavy atom. The number of aryl methyl sites for hydroxylation is 2. The van der Waals surface area contributed by atoms with Gasteiger partial charge in [-0.1, -0.05) is 12.1 Å². The fourth-order valence-electron chi connectivity index (χ4n) is 3.46. The van der Waals surface area contributed by atoms with Gasteiger partial charge in [-0.2, -0.15) is 0 Å². The van der Waals surface area contributed by atoms with Crippen molar-refractivity contribution in [3.05, 3.63) is 76.0 Å². The second kappa shape index (κ2) is 9.85. The van der Waals surface area contributed by atoms with Crippen molar-refractivity contribution in [2.45, 2.75) is 27.2 Å². The third-order valence-corrected chi connectivity index (χ3v) is 5.11. The molecule has 0 aliphatic rings. The van der Waals surface area contributed by atoms with Crippen molar-refractivity contribution in [3.8, 4) is 22.8 Å². The van der Waals surface area contributed by atoms with Gasteiger partial charge < -0.3 is 14.2 Å². The van der Waals surface area contributed by atoms with Gasteiger partial charge in [-0.3, -0.25) is 5.73 Å². The second-order valence-corrected chi connectivity index (χ2v) is 7.23. The van der Waals surface area contributed by atoms with Gasteiger partial charge in [-0.25, -0.2) is 13.8 Å². The molecule has 5 nitrogen and oxygen atoms in total. The summed E-state index contributed by atoms with van der Waals surface area (Å²) in [5, 5.41) is 0. The molecule has 0 unspecified atom stereocenters. The summed E-state index contributed by atoms with van der Waals surface area (Å²) in [6, 6.07) is 10.3. The number of benzene rings is 2. The van der Waals surface area contributed by atoms with E-state index >= 15 is 0 Å². The van der Waals surface area contributed by atoms with E-state index in [2.05, 4.69) is 4.98 Å². The average Bonchev–Trinajstić information content (AvgIpc) is 2.76. The molecule has 0 fully saturated rings. The molecule has 2 N–H and O–H groups in total. The maximum atomic E-state index is 14.8. The van der Waals surface area contributed by atoms with Gasteiger partial charge in [0.2, 0.25) is 0 Å². The molecule has 0 radical (unpaired) electrons. The molecule has 0 amide bonds. The lowest BCUT2D eigenvalue weighted by molar-refractivity contribution is 0.0513. The van der Waals surface area contributed by atoms with Crippen LogP contribution in [0.15, 0.2) is 36.4 Å². The molecule has 0 saturated carbocycles. The van der Waals surface area contributed by atoms with Crippen molar-refractivity contribution in [3.63, 3.8) is 0 Å². The topological polar surface area (TPSA) is 66.6 Å². The maximum absolute atomic E-state index is 14.8. The quantitative estimate of drug-likeness (QED) is 0.521. The molecule has 3 rings (SSSR count). The summed E-state index contributed by atoms with van der Waals surface area (Å²) in [4.78, 5) is 4.67. The predicted octanol–water partition coefficient (Wildman–Crippen LogP) is 4.82. The lowest BCUT2D eigenvalue weighted by Gasteiger charge is -2.16. The Labute approximate surface area is 180 Å². The van der Waals surface area contributed by atoms with E-state index in [0.29, 0.717) is 40.2 Å². The zero-order chi connectivity index (χ0) is 22.5. The van der Waals surface area contributed by atoms with Crippen LogP contribution in [0.5, 0.6) is 11.5 Å². The number of nitrogens with two attached hydrogens (primary N) is 1. The van der Waals surface area contributed by atoms with Crippen LogP contribution < -0.4 is 15.2 Å². The van der Waals surface area contributed by atoms with Crippen LogP contribution in [0, 0.1) is 32.4 Å². The van der Waals surface area contributed by atoms with E-state index in [4.69, 9.17) is 19.9 Å². The molecule has 2 aromatic carbocycles. The minimum atomic E-state index is -0.448. The largest absolute Gasteiger partial charge is 0.476 e. The van der Waals surface area contributed by atoms with E-state index in [9.17, 15) is 8.78 Å². The standard InChI is InChI=1S/C24H26F2N2O3/c1-14-6-5-7-18(22(14)25)24-20(31-13-29-4)9-8-17(28-24)11-19-15(2)10-21(30-12-27)23(26)16(19)3/h5-10H,11-13,27H2,1-4H3. The lowest BCUT2D eigenvalue weighted by Crippen LogP contribution is -2.10. The van der Waals surface area contributed by atoms with Gasteiger partial charge >= 0.3 is 0 Å². The third-order valence-electron chi connectivity index (χ3n) is 5.11. The summed E-state index contributed by atoms with van der Waals surface area (Å²) in [5.41, 5.74) is 9.35. The molecule has 0 aliphatic carbocycles. The van der Waals surface area contributed by atoms with Crippen LogP contribution in [0.3, 0.4) is 0 Å². The van der Waals surface area contributed by atoms with E-state index in [-0.39, 0.29) is 25.1 Å². The van der Waals surface area contributed by atoms with Gasteiger partial charge in [0, 0.05) is 24.8 Å². The molecule has 1 heterocycles. The summed E-state index contributed by atoms with van der Waals surface area (Å²) in [6.07, 6.45) is 0.364. The highest BCUT2D eigenvalue weighted by atomic mass is 19.1. The number of pyridine rings is 1. The monoisotopic (exact) mass is 428 g/mol. The first-order chi connectivity index (χ1) is 14.9. The highest BCUT2D eigenvalue weighted by Gasteiger charge is 2.18. The number of halogens is 2. The fourth-order valence-corrected chi connectivity index (χ4v) is 3.46. The van der Waals surface area contributed by atoms with Crippen molar-refractivity contribution in [2.24, 2.45) is 5.73 Å². The number of ether oxygens (including phenoxy) is 3. The van der Waals surface area contributed by atoms with Crippen LogP contribution in [-0.2, 0) is 11.2 Å². The Morgan fingerprint density at radius 1 is 0.935 bits per heavy atom. The highest BCUT2D eigenvalue weighted by Crippen LogP contribution is 2.33. The average molecular weight is 428 g/mol. The molecule has 1 aromatic heterocycles. The van der Waals surface area contributed by atoms with Gasteiger partial charge in [0.15, 0.2) is 18.4 Å². The Balaban J connectivity index is 2.06. The molecule has 0 aliphatic heterocycles. The lowest BCUT2D eigenvalue weighted by atomic mass is 9.96. The van der Waals surface area contributed by atoms with E-state index < -0.39 is 5.82 Å². The highest BCUT2D eigenvalue weighted by molar-refractivity contribution is 5.68. The van der Waals surface area contributed by atoms with Crippen molar-refractivity contribution >= 4 is 0 Å². The predicted molar refractivity (Wildman–Crippen MR) is 115 cm³/mol. The molecule has 7 heteroatoms. The van der Waals surface area contributed by atoms with Crippen LogP contribution in [0.25, 0.3) is 11.3 Å². The molecule has 164 valence electrons. The third kappa shape index (κ3) is 4.84. The molecule has 31 heavy (non-hydrogen) atoms. The first-order valence-corrected chi connectivity index (χ1v) is 9.86. The Bertz CT molecular complexity index is 1090. The maximum Gasteiger partial charge on any atom is 0.188 e. The summed E-state index contributed by atoms with van der Waals surface area (Å²) in [7, 11) is 1.51. The number of hydrogen-bond donors (Lipinski definition) is 1. The molecule has 0 spiro atoms. The minimum absolute atomic E-state index is 0.00743. The van der Waals surface area contributed by atoms with Crippen molar-refractivity contribution in [1.29, 1.82) is 0 Å². The molecule has 0 saturated heterocycles. The molecule has 0 atom stereocenters. The number of hydrogen-bond acceptors (Lipinski definition) is 5. The SMILES string of the molecule is COCOc1ccc(Cc2c(C)cc(OCN)c(F)c2C)nc1-c1cccc(C)c1F. The van der Waals surface area contributed by atoms with E-state index in [1.54, 1.807) is 50.2 Å².